The number of rotatable bonds is 2. The summed E-state index contributed by atoms with van der Waals surface area (Å²) in [4.78, 5) is 15.5. The molecule has 0 spiro atoms. The molecule has 1 aliphatic carbocycles. The third kappa shape index (κ3) is 2.30. The number of fused-ring (bicyclic) bond motifs is 3. The van der Waals surface area contributed by atoms with Gasteiger partial charge in [-0.15, -0.1) is 0 Å². The van der Waals surface area contributed by atoms with Gasteiger partial charge in [0.25, 0.3) is 0 Å². The first kappa shape index (κ1) is 15.8. The van der Waals surface area contributed by atoms with Crippen LogP contribution in [0.2, 0.25) is 0 Å². The number of nitrogens with zero attached hydrogens (tertiary/aromatic N) is 2. The average Bonchev–Trinajstić information content (AvgIpc) is 3.36. The first-order valence-electron chi connectivity index (χ1n) is 9.35. The Morgan fingerprint density at radius 2 is 1.48 bits per heavy atom. The highest BCUT2D eigenvalue weighted by Gasteiger charge is 2.34. The minimum Gasteiger partial charge on any atom is -0.370 e. The zero-order valence-corrected chi connectivity index (χ0v) is 14.9. The largest absolute Gasteiger partial charge is 0.370 e. The van der Waals surface area contributed by atoms with E-state index in [0.717, 1.165) is 53.9 Å². The molecule has 3 aromatic carbocycles. The third-order valence-corrected chi connectivity index (χ3v) is 5.62. The van der Waals surface area contributed by atoms with Crippen molar-refractivity contribution >= 4 is 11.5 Å². The smallest absolute Gasteiger partial charge is 0.194 e. The van der Waals surface area contributed by atoms with Gasteiger partial charge in [-0.05, 0) is 35.6 Å². The fourth-order valence-corrected chi connectivity index (χ4v) is 4.37. The SMILES string of the molecule is N#Cc1c(N2CCCC2)cc(-c2ccccc2)c2c1-c1ccccc1C2=O. The summed E-state index contributed by atoms with van der Waals surface area (Å²) in [7, 11) is 0. The fourth-order valence-electron chi connectivity index (χ4n) is 4.37. The van der Waals surface area contributed by atoms with Crippen LogP contribution in [-0.4, -0.2) is 18.9 Å². The van der Waals surface area contributed by atoms with Crippen LogP contribution in [0.4, 0.5) is 5.69 Å². The van der Waals surface area contributed by atoms with E-state index in [1.807, 2.05) is 54.6 Å². The minimum atomic E-state index is 0.0175. The monoisotopic (exact) mass is 350 g/mol. The van der Waals surface area contributed by atoms with Gasteiger partial charge < -0.3 is 4.90 Å². The van der Waals surface area contributed by atoms with Gasteiger partial charge >= 0.3 is 0 Å². The van der Waals surface area contributed by atoms with Crippen LogP contribution in [0.3, 0.4) is 0 Å². The molecule has 2 aliphatic rings. The molecule has 130 valence electrons. The summed E-state index contributed by atoms with van der Waals surface area (Å²) in [5.41, 5.74) is 6.57. The maximum atomic E-state index is 13.3. The number of anilines is 1. The maximum absolute atomic E-state index is 13.3. The number of hydrogen-bond donors (Lipinski definition) is 0. The van der Waals surface area contributed by atoms with Gasteiger partial charge in [0.15, 0.2) is 5.78 Å². The summed E-state index contributed by atoms with van der Waals surface area (Å²) in [6.07, 6.45) is 2.27. The maximum Gasteiger partial charge on any atom is 0.194 e. The summed E-state index contributed by atoms with van der Waals surface area (Å²) >= 11 is 0. The Bertz CT molecular complexity index is 1100. The molecule has 0 atom stereocenters. The van der Waals surface area contributed by atoms with Crippen molar-refractivity contribution < 1.29 is 4.79 Å². The molecule has 3 aromatic rings. The van der Waals surface area contributed by atoms with E-state index in [9.17, 15) is 10.1 Å². The molecule has 1 heterocycles. The Balaban J connectivity index is 1.88. The van der Waals surface area contributed by atoms with Crippen molar-refractivity contribution in [2.45, 2.75) is 12.8 Å². The molecular weight excluding hydrogens is 332 g/mol. The number of carbonyl (C=O) groups is 1. The molecule has 0 aromatic heterocycles. The molecule has 0 N–H and O–H groups in total. The summed E-state index contributed by atoms with van der Waals surface area (Å²) in [6.45, 7) is 1.91. The molecular formula is C24H18N2O. The van der Waals surface area contributed by atoms with Crippen molar-refractivity contribution in [2.24, 2.45) is 0 Å². The molecule has 0 saturated carbocycles. The molecule has 0 bridgehead atoms. The van der Waals surface area contributed by atoms with Gasteiger partial charge in [0, 0.05) is 29.8 Å². The molecule has 0 unspecified atom stereocenters. The lowest BCUT2D eigenvalue weighted by molar-refractivity contribution is 0.104. The van der Waals surface area contributed by atoms with Crippen LogP contribution >= 0.6 is 0 Å². The van der Waals surface area contributed by atoms with Crippen LogP contribution < -0.4 is 4.90 Å². The van der Waals surface area contributed by atoms with Crippen LogP contribution in [0.15, 0.2) is 60.7 Å². The number of benzene rings is 3. The highest BCUT2D eigenvalue weighted by molar-refractivity contribution is 6.26. The summed E-state index contributed by atoms with van der Waals surface area (Å²) in [6, 6.07) is 22.1. The Morgan fingerprint density at radius 1 is 0.815 bits per heavy atom. The Morgan fingerprint density at radius 3 is 2.19 bits per heavy atom. The predicted octanol–water partition coefficient (Wildman–Crippen LogP) is 5.04. The number of ketones is 1. The van der Waals surface area contributed by atoms with E-state index in [2.05, 4.69) is 17.0 Å². The zero-order valence-electron chi connectivity index (χ0n) is 14.9. The Labute approximate surface area is 158 Å². The summed E-state index contributed by atoms with van der Waals surface area (Å²) in [5.74, 6) is 0.0175. The first-order chi connectivity index (χ1) is 13.3. The highest BCUT2D eigenvalue weighted by atomic mass is 16.1. The van der Waals surface area contributed by atoms with Crippen LogP contribution in [0, 0.1) is 11.3 Å². The van der Waals surface area contributed by atoms with E-state index in [1.54, 1.807) is 0 Å². The topological polar surface area (TPSA) is 44.1 Å². The third-order valence-electron chi connectivity index (χ3n) is 5.62. The zero-order chi connectivity index (χ0) is 18.4. The molecule has 1 aliphatic heterocycles. The normalized spacial score (nSPS) is 14.8. The van der Waals surface area contributed by atoms with E-state index < -0.39 is 0 Å². The first-order valence-corrected chi connectivity index (χ1v) is 9.35. The molecule has 27 heavy (non-hydrogen) atoms. The van der Waals surface area contributed by atoms with Crippen molar-refractivity contribution in [3.63, 3.8) is 0 Å². The number of nitriles is 1. The van der Waals surface area contributed by atoms with Crippen molar-refractivity contribution in [1.82, 2.24) is 0 Å². The second kappa shape index (κ2) is 6.10. The van der Waals surface area contributed by atoms with Gasteiger partial charge in [-0.1, -0.05) is 54.6 Å². The lowest BCUT2D eigenvalue weighted by Gasteiger charge is -2.23. The van der Waals surface area contributed by atoms with Crippen molar-refractivity contribution in [3.8, 4) is 28.3 Å². The average molecular weight is 350 g/mol. The van der Waals surface area contributed by atoms with E-state index in [0.29, 0.717) is 16.7 Å². The summed E-state index contributed by atoms with van der Waals surface area (Å²) < 4.78 is 0. The Hall–Kier alpha value is -3.38. The van der Waals surface area contributed by atoms with Crippen molar-refractivity contribution in [2.75, 3.05) is 18.0 Å². The van der Waals surface area contributed by atoms with E-state index in [4.69, 9.17) is 0 Å². The Kier molecular flexibility index (Phi) is 3.58. The van der Waals surface area contributed by atoms with Crippen molar-refractivity contribution in [3.05, 3.63) is 77.4 Å². The lowest BCUT2D eigenvalue weighted by Crippen LogP contribution is -2.19. The summed E-state index contributed by atoms with van der Waals surface area (Å²) in [5, 5.41) is 10.0. The van der Waals surface area contributed by atoms with Gasteiger partial charge in [-0.2, -0.15) is 5.26 Å². The molecule has 1 fully saturated rings. The molecule has 1 saturated heterocycles. The van der Waals surface area contributed by atoms with Gasteiger partial charge in [0.05, 0.1) is 11.3 Å². The fraction of sp³-hybridized carbons (Fsp3) is 0.167. The van der Waals surface area contributed by atoms with Crippen molar-refractivity contribution in [1.29, 1.82) is 5.26 Å². The molecule has 3 heteroatoms. The minimum absolute atomic E-state index is 0.0175. The molecule has 5 rings (SSSR count). The van der Waals surface area contributed by atoms with Crippen LogP contribution in [0.5, 0.6) is 0 Å². The van der Waals surface area contributed by atoms with Gasteiger partial charge in [0.2, 0.25) is 0 Å². The van der Waals surface area contributed by atoms with Crippen LogP contribution in [0.1, 0.15) is 34.3 Å². The second-order valence-corrected chi connectivity index (χ2v) is 7.11. The standard InChI is InChI=1S/C24H18N2O/c25-15-20-21(26-12-6-7-13-26)14-19(16-8-2-1-3-9-16)23-22(20)17-10-4-5-11-18(17)24(23)27/h1-5,8-11,14H,6-7,12-13H2. The predicted molar refractivity (Wildman–Crippen MR) is 107 cm³/mol. The van der Waals surface area contributed by atoms with E-state index in [1.165, 1.54) is 0 Å². The second-order valence-electron chi connectivity index (χ2n) is 7.11. The van der Waals surface area contributed by atoms with E-state index in [-0.39, 0.29) is 5.78 Å². The van der Waals surface area contributed by atoms with Gasteiger partial charge in [-0.3, -0.25) is 4.79 Å². The molecule has 0 radical (unpaired) electrons. The molecule has 0 amide bonds. The van der Waals surface area contributed by atoms with Gasteiger partial charge in [0.1, 0.15) is 6.07 Å². The quantitative estimate of drug-likeness (QED) is 0.509. The molecule has 3 nitrogen and oxygen atoms in total. The lowest BCUT2D eigenvalue weighted by atomic mass is 9.90. The highest BCUT2D eigenvalue weighted by Crippen LogP contribution is 2.47. The van der Waals surface area contributed by atoms with Crippen LogP contribution in [-0.2, 0) is 0 Å². The number of carbonyl (C=O) groups excluding carboxylic acids is 1. The number of hydrogen-bond acceptors (Lipinski definition) is 3. The van der Waals surface area contributed by atoms with Crippen LogP contribution in [0.25, 0.3) is 22.3 Å². The van der Waals surface area contributed by atoms with Gasteiger partial charge in [-0.25, -0.2) is 0 Å². The van der Waals surface area contributed by atoms with E-state index >= 15 is 0 Å².